The van der Waals surface area contributed by atoms with Gasteiger partial charge in [-0.3, -0.25) is 4.79 Å². The van der Waals surface area contributed by atoms with Crippen molar-refractivity contribution >= 4 is 16.9 Å². The summed E-state index contributed by atoms with van der Waals surface area (Å²) in [5.74, 6) is 0.436. The van der Waals surface area contributed by atoms with Gasteiger partial charge in [-0.25, -0.2) is 4.79 Å². The van der Waals surface area contributed by atoms with Crippen molar-refractivity contribution in [1.29, 1.82) is 0 Å². The molecule has 0 amide bonds. The lowest BCUT2D eigenvalue weighted by atomic mass is 10.0. The number of hydrogen-bond donors (Lipinski definition) is 0. The largest absolute Gasteiger partial charge is 0.460 e. The van der Waals surface area contributed by atoms with Gasteiger partial charge in [0.1, 0.15) is 23.3 Å². The van der Waals surface area contributed by atoms with Crippen LogP contribution in [0.4, 0.5) is 0 Å². The Morgan fingerprint density at radius 2 is 1.43 bits per heavy atom. The molecule has 1 heterocycles. The van der Waals surface area contributed by atoms with Crippen LogP contribution in [0.5, 0.6) is 17.2 Å². The zero-order valence-electron chi connectivity index (χ0n) is 19.3. The van der Waals surface area contributed by atoms with Gasteiger partial charge in [0.2, 0.25) is 11.2 Å². The van der Waals surface area contributed by atoms with Crippen molar-refractivity contribution in [2.45, 2.75) is 13.8 Å². The number of fused-ring (bicyclic) bond motifs is 1. The van der Waals surface area contributed by atoms with Gasteiger partial charge in [-0.2, -0.15) is 0 Å². The van der Waals surface area contributed by atoms with E-state index in [2.05, 4.69) is 0 Å². The van der Waals surface area contributed by atoms with Crippen molar-refractivity contribution in [3.8, 4) is 28.4 Å². The zero-order chi connectivity index (χ0) is 24.4. The lowest BCUT2D eigenvalue weighted by Crippen LogP contribution is -2.09. The lowest BCUT2D eigenvalue weighted by molar-refractivity contribution is 0.0735. The third-order valence-corrected chi connectivity index (χ3v) is 5.58. The van der Waals surface area contributed by atoms with E-state index in [9.17, 15) is 9.59 Å². The molecule has 0 aliphatic heterocycles. The van der Waals surface area contributed by atoms with Crippen molar-refractivity contribution in [3.05, 3.63) is 124 Å². The first-order valence-corrected chi connectivity index (χ1v) is 11.2. The van der Waals surface area contributed by atoms with Gasteiger partial charge in [0.05, 0.1) is 10.9 Å². The van der Waals surface area contributed by atoms with Crippen LogP contribution < -0.4 is 14.9 Å². The summed E-state index contributed by atoms with van der Waals surface area (Å²) in [5, 5.41) is 0.332. The normalized spacial score (nSPS) is 10.8. The van der Waals surface area contributed by atoms with E-state index >= 15 is 0 Å². The average molecular weight is 463 g/mol. The Labute approximate surface area is 202 Å². The Bertz CT molecular complexity index is 1560. The van der Waals surface area contributed by atoms with Crippen molar-refractivity contribution in [3.63, 3.8) is 0 Å². The molecule has 4 aromatic carbocycles. The number of benzene rings is 4. The average Bonchev–Trinajstić information content (AvgIpc) is 2.86. The van der Waals surface area contributed by atoms with Gasteiger partial charge in [0, 0.05) is 6.07 Å². The summed E-state index contributed by atoms with van der Waals surface area (Å²) in [5.41, 5.74) is 4.56. The molecule has 0 fully saturated rings. The number of hydrogen-bond acceptors (Lipinski definition) is 5. The van der Waals surface area contributed by atoms with Gasteiger partial charge >= 0.3 is 5.97 Å². The van der Waals surface area contributed by atoms with Gasteiger partial charge in [-0.15, -0.1) is 0 Å². The Morgan fingerprint density at radius 3 is 2.14 bits per heavy atom. The monoisotopic (exact) mass is 462 g/mol. The highest BCUT2D eigenvalue weighted by atomic mass is 16.5. The Morgan fingerprint density at radius 1 is 0.743 bits per heavy atom. The first-order valence-electron chi connectivity index (χ1n) is 11.2. The zero-order valence-corrected chi connectivity index (χ0v) is 19.3. The minimum atomic E-state index is -0.499. The first-order chi connectivity index (χ1) is 17.0. The molecule has 172 valence electrons. The molecule has 35 heavy (non-hydrogen) atoms. The Balaban J connectivity index is 1.34. The molecule has 0 aliphatic carbocycles. The second kappa shape index (κ2) is 9.31. The van der Waals surface area contributed by atoms with E-state index < -0.39 is 5.97 Å². The van der Waals surface area contributed by atoms with Crippen LogP contribution in [0.2, 0.25) is 0 Å². The fourth-order valence-electron chi connectivity index (χ4n) is 3.94. The number of carbonyl (C=O) groups excluding carboxylic acids is 1. The quantitative estimate of drug-likeness (QED) is 0.206. The fourth-order valence-corrected chi connectivity index (χ4v) is 3.94. The number of aryl methyl sites for hydroxylation is 2. The molecule has 0 atom stereocenters. The van der Waals surface area contributed by atoms with Gasteiger partial charge in [0.25, 0.3) is 0 Å². The van der Waals surface area contributed by atoms with Crippen LogP contribution in [0.1, 0.15) is 21.5 Å². The van der Waals surface area contributed by atoms with E-state index in [4.69, 9.17) is 13.9 Å². The lowest BCUT2D eigenvalue weighted by Gasteiger charge is -2.09. The molecule has 5 nitrogen and oxygen atoms in total. The highest BCUT2D eigenvalue weighted by Crippen LogP contribution is 2.26. The van der Waals surface area contributed by atoms with Crippen LogP contribution in [0, 0.1) is 13.8 Å². The second-order valence-corrected chi connectivity index (χ2v) is 8.35. The van der Waals surface area contributed by atoms with Crippen LogP contribution in [0.15, 0.2) is 106 Å². The summed E-state index contributed by atoms with van der Waals surface area (Å²) in [6.07, 6.45) is 1.27. The number of esters is 1. The minimum Gasteiger partial charge on any atom is -0.460 e. The number of ether oxygens (including phenoxy) is 2. The first kappa shape index (κ1) is 22.2. The van der Waals surface area contributed by atoms with Crippen LogP contribution in [-0.2, 0) is 0 Å². The third kappa shape index (κ3) is 4.84. The van der Waals surface area contributed by atoms with Gasteiger partial charge < -0.3 is 13.9 Å². The minimum absolute atomic E-state index is 0.0887. The van der Waals surface area contributed by atoms with Gasteiger partial charge in [-0.1, -0.05) is 48.5 Å². The highest BCUT2D eigenvalue weighted by molar-refractivity contribution is 5.92. The maximum absolute atomic E-state index is 12.9. The highest BCUT2D eigenvalue weighted by Gasteiger charge is 2.13. The predicted octanol–water partition coefficient (Wildman–Crippen LogP) is 7.09. The summed E-state index contributed by atoms with van der Waals surface area (Å²) in [6.45, 7) is 3.92. The van der Waals surface area contributed by atoms with E-state index in [1.807, 2.05) is 74.5 Å². The molecule has 0 saturated carbocycles. The standard InChI is InChI=1S/C30H22O5/c1-19-14-20(2)16-25(15-19)34-28-18-33-27-17-24(12-13-26(27)29(28)31)35-30(32)23-10-8-22(9-11-23)21-6-4-3-5-7-21/h3-18H,1-2H3. The summed E-state index contributed by atoms with van der Waals surface area (Å²) < 4.78 is 16.9. The molecular formula is C30H22O5. The molecule has 0 N–H and O–H groups in total. The van der Waals surface area contributed by atoms with Crippen molar-refractivity contribution < 1.29 is 18.7 Å². The van der Waals surface area contributed by atoms with Gasteiger partial charge in [-0.05, 0) is 72.5 Å². The molecule has 5 aromatic rings. The molecule has 5 heteroatoms. The molecule has 0 unspecified atom stereocenters. The van der Waals surface area contributed by atoms with Crippen molar-refractivity contribution in [1.82, 2.24) is 0 Å². The summed E-state index contributed by atoms with van der Waals surface area (Å²) in [6, 6.07) is 27.5. The SMILES string of the molecule is Cc1cc(C)cc(Oc2coc3cc(OC(=O)c4ccc(-c5ccccc5)cc4)ccc3c2=O)c1. The van der Waals surface area contributed by atoms with Crippen LogP contribution >= 0.6 is 0 Å². The fraction of sp³-hybridized carbons (Fsp3) is 0.0667. The van der Waals surface area contributed by atoms with Crippen molar-refractivity contribution in [2.75, 3.05) is 0 Å². The van der Waals surface area contributed by atoms with E-state index in [1.165, 1.54) is 12.3 Å². The summed E-state index contributed by atoms with van der Waals surface area (Å²) >= 11 is 0. The van der Waals surface area contributed by atoms with Crippen molar-refractivity contribution in [2.24, 2.45) is 0 Å². The number of carbonyl (C=O) groups is 1. The summed E-state index contributed by atoms with van der Waals surface area (Å²) in [4.78, 5) is 25.6. The molecule has 0 aliphatic rings. The van der Waals surface area contributed by atoms with Crippen LogP contribution in [-0.4, -0.2) is 5.97 Å². The van der Waals surface area contributed by atoms with E-state index in [1.54, 1.807) is 24.3 Å². The van der Waals surface area contributed by atoms with E-state index in [0.29, 0.717) is 22.3 Å². The molecule has 1 aromatic heterocycles. The Hall–Kier alpha value is -4.64. The number of rotatable bonds is 5. The van der Waals surface area contributed by atoms with Crippen LogP contribution in [0.3, 0.4) is 0 Å². The molecule has 0 saturated heterocycles. The van der Waals surface area contributed by atoms with Crippen LogP contribution in [0.25, 0.3) is 22.1 Å². The molecule has 5 rings (SSSR count). The third-order valence-electron chi connectivity index (χ3n) is 5.58. The smallest absolute Gasteiger partial charge is 0.343 e. The maximum atomic E-state index is 12.9. The van der Waals surface area contributed by atoms with Gasteiger partial charge in [0.15, 0.2) is 0 Å². The van der Waals surface area contributed by atoms with E-state index in [-0.39, 0.29) is 16.9 Å². The molecule has 0 radical (unpaired) electrons. The van der Waals surface area contributed by atoms with E-state index in [0.717, 1.165) is 22.3 Å². The maximum Gasteiger partial charge on any atom is 0.343 e. The Kier molecular flexibility index (Phi) is 5.90. The molecular weight excluding hydrogens is 440 g/mol. The summed E-state index contributed by atoms with van der Waals surface area (Å²) in [7, 11) is 0. The molecule has 0 bridgehead atoms. The molecule has 0 spiro atoms. The topological polar surface area (TPSA) is 65.7 Å². The predicted molar refractivity (Wildman–Crippen MR) is 135 cm³/mol. The second-order valence-electron chi connectivity index (χ2n) is 8.35.